The van der Waals surface area contributed by atoms with E-state index in [9.17, 15) is 18.0 Å². The Kier molecular flexibility index (Phi) is 7.01. The van der Waals surface area contributed by atoms with Crippen LogP contribution >= 0.6 is 11.3 Å². The number of nitrogens with one attached hydrogen (secondary N) is 1. The standard InChI is InChI=1S/C19H22N2O6S2/c1-26-16-6-4-14(13-18(16)29(24,25)21-8-10-27-11-9-21)20-19(23)7-5-15(22)17-3-2-12-28-17/h2-4,6,12-13H,5,7-11H2,1H3,(H,20,23). The normalized spacial score (nSPS) is 15.1. The molecule has 8 nitrogen and oxygen atoms in total. The summed E-state index contributed by atoms with van der Waals surface area (Å²) in [6.45, 7) is 1.17. The van der Waals surface area contributed by atoms with Gasteiger partial charge in [-0.2, -0.15) is 4.31 Å². The fourth-order valence-corrected chi connectivity index (χ4v) is 5.18. The molecule has 1 saturated heterocycles. The van der Waals surface area contributed by atoms with E-state index in [4.69, 9.17) is 9.47 Å². The smallest absolute Gasteiger partial charge is 0.246 e. The maximum atomic E-state index is 13.0. The summed E-state index contributed by atoms with van der Waals surface area (Å²) in [5.41, 5.74) is 0.325. The number of Topliss-reactive ketones (excluding diaryl/α,β-unsaturated/α-hetero) is 1. The molecule has 1 N–H and O–H groups in total. The first-order chi connectivity index (χ1) is 13.9. The van der Waals surface area contributed by atoms with E-state index in [2.05, 4.69) is 5.32 Å². The van der Waals surface area contributed by atoms with Crippen LogP contribution in [-0.2, 0) is 19.6 Å². The minimum absolute atomic E-state index is 0.00824. The van der Waals surface area contributed by atoms with Crippen LogP contribution in [0, 0.1) is 0 Å². The molecule has 3 rings (SSSR count). The molecule has 0 atom stereocenters. The monoisotopic (exact) mass is 438 g/mol. The molecule has 0 aliphatic carbocycles. The maximum Gasteiger partial charge on any atom is 0.246 e. The zero-order valence-corrected chi connectivity index (χ0v) is 17.6. The molecular formula is C19H22N2O6S2. The summed E-state index contributed by atoms with van der Waals surface area (Å²) < 4.78 is 37.7. The highest BCUT2D eigenvalue weighted by atomic mass is 32.2. The van der Waals surface area contributed by atoms with E-state index in [1.807, 2.05) is 0 Å². The average molecular weight is 439 g/mol. The number of hydrogen-bond donors (Lipinski definition) is 1. The molecule has 2 aromatic rings. The van der Waals surface area contributed by atoms with Crippen LogP contribution in [0.15, 0.2) is 40.6 Å². The molecule has 0 unspecified atom stereocenters. The first-order valence-corrected chi connectivity index (χ1v) is 11.4. The first-order valence-electron chi connectivity index (χ1n) is 9.04. The fourth-order valence-electron chi connectivity index (χ4n) is 2.89. The Morgan fingerprint density at radius 2 is 1.97 bits per heavy atom. The van der Waals surface area contributed by atoms with Crippen molar-refractivity contribution in [2.45, 2.75) is 17.7 Å². The number of methoxy groups -OCH3 is 1. The van der Waals surface area contributed by atoms with Crippen LogP contribution in [-0.4, -0.2) is 57.8 Å². The largest absolute Gasteiger partial charge is 0.495 e. The number of carbonyl (C=O) groups excluding carboxylic acids is 2. The third-order valence-electron chi connectivity index (χ3n) is 4.41. The second-order valence-corrected chi connectivity index (χ2v) is 9.18. The summed E-state index contributed by atoms with van der Waals surface area (Å²) in [7, 11) is -2.40. The van der Waals surface area contributed by atoms with Crippen molar-refractivity contribution < 1.29 is 27.5 Å². The lowest BCUT2D eigenvalue weighted by Crippen LogP contribution is -2.40. The Hall–Kier alpha value is -2.27. The molecule has 10 heteroatoms. The second kappa shape index (κ2) is 9.49. The molecule has 29 heavy (non-hydrogen) atoms. The molecule has 1 aromatic carbocycles. The number of ketones is 1. The van der Waals surface area contributed by atoms with Gasteiger partial charge >= 0.3 is 0 Å². The molecule has 0 saturated carbocycles. The van der Waals surface area contributed by atoms with E-state index in [-0.39, 0.29) is 48.3 Å². The number of benzene rings is 1. The molecular weight excluding hydrogens is 416 g/mol. The van der Waals surface area contributed by atoms with Crippen LogP contribution in [0.25, 0.3) is 0 Å². The Balaban J connectivity index is 1.71. The van der Waals surface area contributed by atoms with E-state index in [0.29, 0.717) is 23.8 Å². The highest BCUT2D eigenvalue weighted by molar-refractivity contribution is 7.89. The number of anilines is 1. The van der Waals surface area contributed by atoms with E-state index in [1.54, 1.807) is 23.6 Å². The van der Waals surface area contributed by atoms with Crippen molar-refractivity contribution in [2.75, 3.05) is 38.7 Å². The molecule has 1 amide bonds. The van der Waals surface area contributed by atoms with Crippen LogP contribution in [0.1, 0.15) is 22.5 Å². The lowest BCUT2D eigenvalue weighted by Gasteiger charge is -2.26. The van der Waals surface area contributed by atoms with E-state index in [1.165, 1.54) is 34.9 Å². The van der Waals surface area contributed by atoms with Crippen LogP contribution in [0.4, 0.5) is 5.69 Å². The lowest BCUT2D eigenvalue weighted by atomic mass is 10.2. The van der Waals surface area contributed by atoms with Gasteiger partial charge in [0.05, 0.1) is 25.2 Å². The number of nitrogens with zero attached hydrogens (tertiary/aromatic N) is 1. The van der Waals surface area contributed by atoms with E-state index in [0.717, 1.165) is 0 Å². The Morgan fingerprint density at radius 1 is 1.21 bits per heavy atom. The molecule has 0 spiro atoms. The number of thiophene rings is 1. The van der Waals surface area contributed by atoms with Crippen LogP contribution in [0.2, 0.25) is 0 Å². The molecule has 156 valence electrons. The predicted molar refractivity (Wildman–Crippen MR) is 109 cm³/mol. The van der Waals surface area contributed by atoms with E-state index < -0.39 is 10.0 Å². The van der Waals surface area contributed by atoms with Crippen LogP contribution in [0.5, 0.6) is 5.75 Å². The van der Waals surface area contributed by atoms with E-state index >= 15 is 0 Å². The summed E-state index contributed by atoms with van der Waals surface area (Å²) in [6, 6.07) is 7.95. The highest BCUT2D eigenvalue weighted by Gasteiger charge is 2.29. The lowest BCUT2D eigenvalue weighted by molar-refractivity contribution is -0.116. The second-order valence-electron chi connectivity index (χ2n) is 6.33. The molecule has 1 aliphatic rings. The minimum Gasteiger partial charge on any atom is -0.495 e. The molecule has 0 radical (unpaired) electrons. The number of amides is 1. The van der Waals surface area contributed by atoms with Gasteiger partial charge in [0.15, 0.2) is 5.78 Å². The molecule has 1 fully saturated rings. The quantitative estimate of drug-likeness (QED) is 0.635. The summed E-state index contributed by atoms with van der Waals surface area (Å²) in [6.07, 6.45) is 0.0930. The van der Waals surface area contributed by atoms with Gasteiger partial charge in [0.2, 0.25) is 15.9 Å². The van der Waals surface area contributed by atoms with Gasteiger partial charge in [-0.25, -0.2) is 8.42 Å². The zero-order chi connectivity index (χ0) is 20.9. The Labute approximate surface area is 173 Å². The Morgan fingerprint density at radius 3 is 2.62 bits per heavy atom. The van der Waals surface area contributed by atoms with Crippen molar-refractivity contribution in [3.8, 4) is 5.75 Å². The van der Waals surface area contributed by atoms with Crippen LogP contribution in [0.3, 0.4) is 0 Å². The number of hydrogen-bond acceptors (Lipinski definition) is 7. The minimum atomic E-state index is -3.79. The summed E-state index contributed by atoms with van der Waals surface area (Å²) in [5.74, 6) is -0.266. The van der Waals surface area contributed by atoms with Gasteiger partial charge in [-0.15, -0.1) is 11.3 Å². The number of rotatable bonds is 8. The topological polar surface area (TPSA) is 102 Å². The van der Waals surface area contributed by atoms with Crippen molar-refractivity contribution in [2.24, 2.45) is 0 Å². The van der Waals surface area contributed by atoms with Crippen molar-refractivity contribution in [1.82, 2.24) is 4.31 Å². The van der Waals surface area contributed by atoms with Gasteiger partial charge in [0, 0.05) is 31.6 Å². The SMILES string of the molecule is COc1ccc(NC(=O)CCC(=O)c2cccs2)cc1S(=O)(=O)N1CCOCC1. The zero-order valence-electron chi connectivity index (χ0n) is 15.9. The maximum absolute atomic E-state index is 13.0. The third-order valence-corrected chi connectivity index (χ3v) is 7.24. The fraction of sp³-hybridized carbons (Fsp3) is 0.368. The summed E-state index contributed by atoms with van der Waals surface area (Å²) in [5, 5.41) is 4.46. The van der Waals surface area contributed by atoms with Gasteiger partial charge in [-0.05, 0) is 29.6 Å². The van der Waals surface area contributed by atoms with Crippen LogP contribution < -0.4 is 10.1 Å². The number of morpholine rings is 1. The predicted octanol–water partition coefficient (Wildman–Crippen LogP) is 2.38. The average Bonchev–Trinajstić information content (AvgIpc) is 3.27. The van der Waals surface area contributed by atoms with Gasteiger partial charge in [0.1, 0.15) is 10.6 Å². The highest BCUT2D eigenvalue weighted by Crippen LogP contribution is 2.30. The molecule has 1 aromatic heterocycles. The third kappa shape index (κ3) is 5.21. The molecule has 1 aliphatic heterocycles. The molecule has 0 bridgehead atoms. The summed E-state index contributed by atoms with van der Waals surface area (Å²) >= 11 is 1.33. The summed E-state index contributed by atoms with van der Waals surface area (Å²) in [4.78, 5) is 24.9. The number of ether oxygens (including phenoxy) is 2. The number of carbonyl (C=O) groups is 2. The van der Waals surface area contributed by atoms with Crippen molar-refractivity contribution in [3.05, 3.63) is 40.6 Å². The van der Waals surface area contributed by atoms with Gasteiger partial charge in [-0.1, -0.05) is 6.07 Å². The van der Waals surface area contributed by atoms with Gasteiger partial charge in [0.25, 0.3) is 0 Å². The van der Waals surface area contributed by atoms with Crippen molar-refractivity contribution >= 4 is 38.7 Å². The first kappa shape index (κ1) is 21.4. The Bertz CT molecular complexity index is 967. The van der Waals surface area contributed by atoms with Gasteiger partial charge < -0.3 is 14.8 Å². The number of sulfonamides is 1. The van der Waals surface area contributed by atoms with Crippen molar-refractivity contribution in [1.29, 1.82) is 0 Å². The molecule has 2 heterocycles. The van der Waals surface area contributed by atoms with Gasteiger partial charge in [-0.3, -0.25) is 9.59 Å². The van der Waals surface area contributed by atoms with Crippen molar-refractivity contribution in [3.63, 3.8) is 0 Å².